The third-order valence-corrected chi connectivity index (χ3v) is 5.61. The van der Waals surface area contributed by atoms with Gasteiger partial charge in [-0.2, -0.15) is 0 Å². The first-order valence-corrected chi connectivity index (χ1v) is 8.25. The Morgan fingerprint density at radius 2 is 2.12 bits per heavy atom. The summed E-state index contributed by atoms with van der Waals surface area (Å²) in [5.74, 6) is 0. The summed E-state index contributed by atoms with van der Waals surface area (Å²) in [6.07, 6.45) is 6.73. The lowest BCUT2D eigenvalue weighted by Crippen LogP contribution is -2.34. The van der Waals surface area contributed by atoms with Crippen LogP contribution in [0, 0.1) is 5.41 Å². The van der Waals surface area contributed by atoms with Crippen LogP contribution in [0.25, 0.3) is 0 Å². The average molecular weight is 316 g/mol. The highest BCUT2D eigenvalue weighted by Crippen LogP contribution is 2.48. The van der Waals surface area contributed by atoms with Gasteiger partial charge in [-0.15, -0.1) is 11.3 Å². The molecule has 1 aromatic rings. The fourth-order valence-corrected chi connectivity index (χ4v) is 4.61. The second kappa shape index (κ2) is 5.85. The van der Waals surface area contributed by atoms with E-state index in [4.69, 9.17) is 0 Å². The van der Waals surface area contributed by atoms with E-state index in [2.05, 4.69) is 47.2 Å². The Balaban J connectivity index is 2.18. The molecule has 0 aromatic carbocycles. The third kappa shape index (κ3) is 3.12. The van der Waals surface area contributed by atoms with Gasteiger partial charge in [0.05, 0.1) is 3.79 Å². The summed E-state index contributed by atoms with van der Waals surface area (Å²) >= 11 is 5.47. The molecule has 0 aliphatic heterocycles. The minimum absolute atomic E-state index is 0.458. The summed E-state index contributed by atoms with van der Waals surface area (Å²) in [5, 5.41) is 3.77. The van der Waals surface area contributed by atoms with Crippen molar-refractivity contribution in [3.05, 3.63) is 20.8 Å². The largest absolute Gasteiger partial charge is 0.309 e. The lowest BCUT2D eigenvalue weighted by Gasteiger charge is -2.34. The van der Waals surface area contributed by atoms with Crippen molar-refractivity contribution >= 4 is 27.3 Å². The first-order valence-electron chi connectivity index (χ1n) is 6.64. The number of rotatable bonds is 5. The zero-order valence-electron chi connectivity index (χ0n) is 10.8. The fraction of sp³-hybridized carbons (Fsp3) is 0.714. The second-order valence-corrected chi connectivity index (χ2v) is 7.88. The van der Waals surface area contributed by atoms with Crippen LogP contribution in [0.5, 0.6) is 0 Å². The molecule has 1 fully saturated rings. The minimum atomic E-state index is 0.458. The van der Waals surface area contributed by atoms with E-state index in [9.17, 15) is 0 Å². The first-order chi connectivity index (χ1) is 8.15. The van der Waals surface area contributed by atoms with E-state index in [0.29, 0.717) is 11.5 Å². The van der Waals surface area contributed by atoms with Gasteiger partial charge in [0.1, 0.15) is 0 Å². The van der Waals surface area contributed by atoms with Crippen LogP contribution in [0.3, 0.4) is 0 Å². The summed E-state index contributed by atoms with van der Waals surface area (Å²) in [7, 11) is 0. The molecule has 0 radical (unpaired) electrons. The average Bonchev–Trinajstić information content (AvgIpc) is 2.89. The Morgan fingerprint density at radius 3 is 2.65 bits per heavy atom. The fourth-order valence-electron chi connectivity index (χ4n) is 2.93. The molecule has 1 atom stereocenters. The SMILES string of the molecule is CCCNC(c1ccc(Br)s1)C1(C)CCCC1. The van der Waals surface area contributed by atoms with Crippen LogP contribution in [0.4, 0.5) is 0 Å². The predicted molar refractivity (Wildman–Crippen MR) is 79.6 cm³/mol. The lowest BCUT2D eigenvalue weighted by atomic mass is 9.80. The van der Waals surface area contributed by atoms with Crippen LogP contribution < -0.4 is 5.32 Å². The van der Waals surface area contributed by atoms with Gasteiger partial charge in [0, 0.05) is 10.9 Å². The van der Waals surface area contributed by atoms with Crippen molar-refractivity contribution in [1.29, 1.82) is 0 Å². The number of thiophene rings is 1. The van der Waals surface area contributed by atoms with E-state index in [1.54, 1.807) is 0 Å². The quantitative estimate of drug-likeness (QED) is 0.794. The van der Waals surface area contributed by atoms with E-state index in [1.807, 2.05) is 11.3 Å². The van der Waals surface area contributed by atoms with Gasteiger partial charge in [0.25, 0.3) is 0 Å². The molecule has 1 N–H and O–H groups in total. The van der Waals surface area contributed by atoms with Gasteiger partial charge in [-0.3, -0.25) is 0 Å². The monoisotopic (exact) mass is 315 g/mol. The van der Waals surface area contributed by atoms with Crippen molar-refractivity contribution in [2.45, 2.75) is 52.0 Å². The number of halogens is 1. The minimum Gasteiger partial charge on any atom is -0.309 e. The van der Waals surface area contributed by atoms with Crippen molar-refractivity contribution in [3.8, 4) is 0 Å². The zero-order chi connectivity index (χ0) is 12.3. The van der Waals surface area contributed by atoms with Crippen molar-refractivity contribution in [2.75, 3.05) is 6.54 Å². The van der Waals surface area contributed by atoms with E-state index in [0.717, 1.165) is 6.54 Å². The maximum Gasteiger partial charge on any atom is 0.0701 e. The molecule has 0 spiro atoms. The molecule has 1 saturated carbocycles. The summed E-state index contributed by atoms with van der Waals surface area (Å²) in [6, 6.07) is 5.01. The van der Waals surface area contributed by atoms with Gasteiger partial charge in [0.2, 0.25) is 0 Å². The highest BCUT2D eigenvalue weighted by Gasteiger charge is 2.38. The second-order valence-electron chi connectivity index (χ2n) is 5.39. The molecule has 2 rings (SSSR count). The molecule has 1 aromatic heterocycles. The molecule has 1 aliphatic rings. The molecular formula is C14H22BrNS. The van der Waals surface area contributed by atoms with Crippen LogP contribution in [0.15, 0.2) is 15.9 Å². The molecule has 0 amide bonds. The zero-order valence-corrected chi connectivity index (χ0v) is 13.2. The van der Waals surface area contributed by atoms with Gasteiger partial charge in [0.15, 0.2) is 0 Å². The standard InChI is InChI=1S/C14H22BrNS/c1-3-10-16-13(11-6-7-12(15)17-11)14(2)8-4-5-9-14/h6-7,13,16H,3-5,8-10H2,1-2H3. The summed E-state index contributed by atoms with van der Waals surface area (Å²) in [6.45, 7) is 5.82. The Hall–Kier alpha value is 0.140. The van der Waals surface area contributed by atoms with Gasteiger partial charge in [-0.25, -0.2) is 0 Å². The first kappa shape index (κ1) is 13.6. The van der Waals surface area contributed by atoms with Crippen molar-refractivity contribution < 1.29 is 0 Å². The van der Waals surface area contributed by atoms with Crippen LogP contribution in [-0.4, -0.2) is 6.54 Å². The van der Waals surface area contributed by atoms with E-state index in [1.165, 1.54) is 40.8 Å². The van der Waals surface area contributed by atoms with E-state index >= 15 is 0 Å². The maximum absolute atomic E-state index is 3.77. The van der Waals surface area contributed by atoms with Gasteiger partial charge in [-0.05, 0) is 59.3 Å². The molecule has 17 heavy (non-hydrogen) atoms. The molecule has 3 heteroatoms. The summed E-state index contributed by atoms with van der Waals surface area (Å²) in [5.41, 5.74) is 0.458. The van der Waals surface area contributed by atoms with Crippen molar-refractivity contribution in [2.24, 2.45) is 5.41 Å². The van der Waals surface area contributed by atoms with Crippen LogP contribution in [0.1, 0.15) is 56.9 Å². The van der Waals surface area contributed by atoms with Crippen LogP contribution >= 0.6 is 27.3 Å². The molecular weight excluding hydrogens is 294 g/mol. The highest BCUT2D eigenvalue weighted by atomic mass is 79.9. The Bertz CT molecular complexity index is 355. The number of hydrogen-bond acceptors (Lipinski definition) is 2. The van der Waals surface area contributed by atoms with Gasteiger partial charge in [-0.1, -0.05) is 26.7 Å². The topological polar surface area (TPSA) is 12.0 Å². The molecule has 0 saturated heterocycles. The van der Waals surface area contributed by atoms with E-state index < -0.39 is 0 Å². The Kier molecular flexibility index (Phi) is 4.67. The summed E-state index contributed by atoms with van der Waals surface area (Å²) in [4.78, 5) is 1.50. The summed E-state index contributed by atoms with van der Waals surface area (Å²) < 4.78 is 1.25. The maximum atomic E-state index is 3.77. The molecule has 1 heterocycles. The third-order valence-electron chi connectivity index (χ3n) is 3.92. The lowest BCUT2D eigenvalue weighted by molar-refractivity contribution is 0.227. The van der Waals surface area contributed by atoms with Gasteiger partial charge < -0.3 is 5.32 Å². The van der Waals surface area contributed by atoms with Crippen molar-refractivity contribution in [3.63, 3.8) is 0 Å². The Labute approximate surface area is 117 Å². The molecule has 96 valence electrons. The Morgan fingerprint density at radius 1 is 1.41 bits per heavy atom. The molecule has 1 unspecified atom stereocenters. The molecule has 1 nitrogen and oxygen atoms in total. The smallest absolute Gasteiger partial charge is 0.0701 e. The number of hydrogen-bond donors (Lipinski definition) is 1. The van der Waals surface area contributed by atoms with E-state index in [-0.39, 0.29) is 0 Å². The van der Waals surface area contributed by atoms with Crippen LogP contribution in [0.2, 0.25) is 0 Å². The van der Waals surface area contributed by atoms with Crippen LogP contribution in [-0.2, 0) is 0 Å². The molecule has 0 bridgehead atoms. The highest BCUT2D eigenvalue weighted by molar-refractivity contribution is 9.11. The van der Waals surface area contributed by atoms with Gasteiger partial charge >= 0.3 is 0 Å². The number of nitrogens with one attached hydrogen (secondary N) is 1. The molecule has 1 aliphatic carbocycles. The predicted octanol–water partition coefficient (Wildman–Crippen LogP) is 5.13. The normalized spacial score (nSPS) is 20.6. The van der Waals surface area contributed by atoms with Crippen molar-refractivity contribution in [1.82, 2.24) is 5.32 Å².